The van der Waals surface area contributed by atoms with E-state index in [0.717, 1.165) is 15.9 Å². The lowest BCUT2D eigenvalue weighted by molar-refractivity contribution is -0.140. The third-order valence-electron chi connectivity index (χ3n) is 5.98. The molecule has 2 amide bonds. The zero-order valence-electron chi connectivity index (χ0n) is 21.1. The van der Waals surface area contributed by atoms with Crippen LogP contribution in [0, 0.1) is 12.7 Å². The first kappa shape index (κ1) is 29.4. The van der Waals surface area contributed by atoms with Crippen LogP contribution in [0.3, 0.4) is 0 Å². The maximum absolute atomic E-state index is 14.9. The second-order valence-electron chi connectivity index (χ2n) is 8.58. The summed E-state index contributed by atoms with van der Waals surface area (Å²) in [6, 6.07) is 15.2. The first-order valence-electron chi connectivity index (χ1n) is 11.8. The van der Waals surface area contributed by atoms with E-state index in [4.69, 9.17) is 23.2 Å². The first-order chi connectivity index (χ1) is 18.0. The van der Waals surface area contributed by atoms with Crippen molar-refractivity contribution in [3.63, 3.8) is 0 Å². The topological polar surface area (TPSA) is 86.8 Å². The van der Waals surface area contributed by atoms with Gasteiger partial charge in [0.1, 0.15) is 18.4 Å². The van der Waals surface area contributed by atoms with Crippen molar-refractivity contribution in [2.75, 3.05) is 17.9 Å². The monoisotopic (exact) mass is 579 g/mol. The quantitative estimate of drug-likeness (QED) is 0.358. The zero-order valence-corrected chi connectivity index (χ0v) is 23.4. The highest BCUT2D eigenvalue weighted by Crippen LogP contribution is 2.28. The van der Waals surface area contributed by atoms with Crippen molar-refractivity contribution in [1.82, 2.24) is 10.2 Å². The minimum atomic E-state index is -4.36. The molecule has 0 aliphatic carbocycles. The molecular weight excluding hydrogens is 552 g/mol. The fraction of sp³-hybridized carbons (Fsp3) is 0.259. The average molecular weight is 581 g/mol. The third kappa shape index (κ3) is 6.64. The molecule has 3 aromatic rings. The molecule has 202 valence electrons. The molecule has 3 rings (SSSR count). The predicted octanol–water partition coefficient (Wildman–Crippen LogP) is 5.19. The van der Waals surface area contributed by atoms with Gasteiger partial charge < -0.3 is 10.2 Å². The Morgan fingerprint density at radius 2 is 1.66 bits per heavy atom. The molecule has 1 atom stereocenters. The molecule has 0 saturated heterocycles. The summed E-state index contributed by atoms with van der Waals surface area (Å²) in [5.74, 6) is -1.95. The number of carbonyl (C=O) groups is 2. The molecule has 0 fully saturated rings. The van der Waals surface area contributed by atoms with Gasteiger partial charge in [-0.25, -0.2) is 12.8 Å². The number of anilines is 1. The fourth-order valence-electron chi connectivity index (χ4n) is 3.93. The Hall–Kier alpha value is -3.14. The Bertz CT molecular complexity index is 1420. The summed E-state index contributed by atoms with van der Waals surface area (Å²) in [5, 5.41) is 3.13. The normalized spacial score (nSPS) is 12.1. The molecule has 7 nitrogen and oxygen atoms in total. The largest absolute Gasteiger partial charge is 0.357 e. The van der Waals surface area contributed by atoms with Crippen LogP contribution >= 0.6 is 23.2 Å². The number of amides is 2. The average Bonchev–Trinajstić information content (AvgIpc) is 2.89. The van der Waals surface area contributed by atoms with Crippen LogP contribution in [0.4, 0.5) is 10.1 Å². The van der Waals surface area contributed by atoms with Gasteiger partial charge >= 0.3 is 0 Å². The van der Waals surface area contributed by atoms with Gasteiger partial charge in [-0.2, -0.15) is 0 Å². The van der Waals surface area contributed by atoms with E-state index in [1.807, 2.05) is 0 Å². The van der Waals surface area contributed by atoms with E-state index in [1.165, 1.54) is 42.3 Å². The van der Waals surface area contributed by atoms with Gasteiger partial charge in [-0.1, -0.05) is 66.0 Å². The number of nitrogens with zero attached hydrogens (tertiary/aromatic N) is 2. The summed E-state index contributed by atoms with van der Waals surface area (Å²) in [6.07, 6.45) is 0.247. The Kier molecular flexibility index (Phi) is 9.76. The van der Waals surface area contributed by atoms with Crippen LogP contribution in [0.15, 0.2) is 71.6 Å². The SMILES string of the molecule is CC[C@H](C(=O)NC)N(Cc1ccc(Cl)c(Cl)c1)C(=O)CN(c1ccccc1F)S(=O)(=O)c1ccc(C)cc1. The second kappa shape index (κ2) is 12.6. The van der Waals surface area contributed by atoms with E-state index in [1.54, 1.807) is 44.2 Å². The van der Waals surface area contributed by atoms with Crippen LogP contribution in [0.1, 0.15) is 24.5 Å². The number of benzene rings is 3. The number of hydrogen-bond donors (Lipinski definition) is 1. The lowest BCUT2D eigenvalue weighted by Crippen LogP contribution is -2.51. The number of sulfonamides is 1. The van der Waals surface area contributed by atoms with Crippen molar-refractivity contribution in [3.05, 3.63) is 93.7 Å². The Morgan fingerprint density at radius 3 is 2.24 bits per heavy atom. The predicted molar refractivity (Wildman–Crippen MR) is 147 cm³/mol. The van der Waals surface area contributed by atoms with Crippen molar-refractivity contribution < 1.29 is 22.4 Å². The second-order valence-corrected chi connectivity index (χ2v) is 11.3. The molecule has 0 aliphatic heterocycles. The number of aryl methyl sites for hydroxylation is 1. The summed E-state index contributed by atoms with van der Waals surface area (Å²) in [4.78, 5) is 27.7. The number of rotatable bonds is 10. The maximum atomic E-state index is 14.9. The van der Waals surface area contributed by atoms with Crippen molar-refractivity contribution in [2.45, 2.75) is 37.8 Å². The van der Waals surface area contributed by atoms with E-state index in [2.05, 4.69) is 5.32 Å². The van der Waals surface area contributed by atoms with Gasteiger partial charge in [0.05, 0.1) is 20.6 Å². The molecular formula is C27H28Cl2FN3O4S. The molecule has 38 heavy (non-hydrogen) atoms. The fourth-order valence-corrected chi connectivity index (χ4v) is 5.67. The highest BCUT2D eigenvalue weighted by atomic mass is 35.5. The van der Waals surface area contributed by atoms with E-state index >= 15 is 0 Å². The summed E-state index contributed by atoms with van der Waals surface area (Å²) in [7, 11) is -2.91. The summed E-state index contributed by atoms with van der Waals surface area (Å²) >= 11 is 12.2. The van der Waals surface area contributed by atoms with E-state index in [0.29, 0.717) is 10.6 Å². The molecule has 0 aromatic heterocycles. The standard InChI is InChI=1S/C27H28Cl2FN3O4S/c1-4-24(27(35)31-3)32(16-19-11-14-21(28)22(29)15-19)26(34)17-33(25-8-6-5-7-23(25)30)38(36,37)20-12-9-18(2)10-13-20/h5-15,24H,4,16-17H2,1-3H3,(H,31,35)/t24-/m1/s1. The van der Waals surface area contributed by atoms with Crippen LogP contribution in [-0.2, 0) is 26.2 Å². The van der Waals surface area contributed by atoms with Crippen LogP contribution in [-0.4, -0.2) is 44.8 Å². The zero-order chi connectivity index (χ0) is 28.0. The molecule has 0 aliphatic rings. The van der Waals surface area contributed by atoms with Gasteiger partial charge in [0.2, 0.25) is 11.8 Å². The molecule has 0 spiro atoms. The Labute approximate surface area is 232 Å². The lowest BCUT2D eigenvalue weighted by Gasteiger charge is -2.33. The molecule has 0 heterocycles. The third-order valence-corrected chi connectivity index (χ3v) is 8.49. The van der Waals surface area contributed by atoms with E-state index < -0.39 is 40.2 Å². The van der Waals surface area contributed by atoms with Gasteiger partial charge in [0, 0.05) is 13.6 Å². The number of hydrogen-bond acceptors (Lipinski definition) is 4. The number of nitrogens with one attached hydrogen (secondary N) is 1. The lowest BCUT2D eigenvalue weighted by atomic mass is 10.1. The van der Waals surface area contributed by atoms with Crippen LogP contribution in [0.2, 0.25) is 10.0 Å². The van der Waals surface area contributed by atoms with Crippen LogP contribution < -0.4 is 9.62 Å². The molecule has 0 unspecified atom stereocenters. The highest BCUT2D eigenvalue weighted by molar-refractivity contribution is 7.92. The minimum absolute atomic E-state index is 0.0582. The van der Waals surface area contributed by atoms with Crippen molar-refractivity contribution in [1.29, 1.82) is 0 Å². The van der Waals surface area contributed by atoms with Gasteiger partial charge in [0.15, 0.2) is 0 Å². The van der Waals surface area contributed by atoms with Crippen molar-refractivity contribution in [3.8, 4) is 0 Å². The first-order valence-corrected chi connectivity index (χ1v) is 14.0. The summed E-state index contributed by atoms with van der Waals surface area (Å²) < 4.78 is 43.0. The van der Waals surface area contributed by atoms with Crippen LogP contribution in [0.25, 0.3) is 0 Å². The van der Waals surface area contributed by atoms with Crippen molar-refractivity contribution in [2.24, 2.45) is 0 Å². The Balaban J connectivity index is 2.08. The molecule has 0 radical (unpaired) electrons. The number of carbonyl (C=O) groups excluding carboxylic acids is 2. The Morgan fingerprint density at radius 1 is 1.00 bits per heavy atom. The van der Waals surface area contributed by atoms with E-state index in [9.17, 15) is 22.4 Å². The highest BCUT2D eigenvalue weighted by Gasteiger charge is 2.34. The summed E-state index contributed by atoms with van der Waals surface area (Å²) in [5.41, 5.74) is 1.12. The molecule has 11 heteroatoms. The van der Waals surface area contributed by atoms with Gasteiger partial charge in [0.25, 0.3) is 10.0 Å². The summed E-state index contributed by atoms with van der Waals surface area (Å²) in [6.45, 7) is 2.73. The molecule has 0 saturated carbocycles. The van der Waals surface area contributed by atoms with Crippen molar-refractivity contribution >= 4 is 50.7 Å². The van der Waals surface area contributed by atoms with Gasteiger partial charge in [-0.05, 0) is 55.3 Å². The van der Waals surface area contributed by atoms with Gasteiger partial charge in [-0.15, -0.1) is 0 Å². The molecule has 1 N–H and O–H groups in total. The smallest absolute Gasteiger partial charge is 0.264 e. The van der Waals surface area contributed by atoms with E-state index in [-0.39, 0.29) is 28.6 Å². The number of halogens is 3. The minimum Gasteiger partial charge on any atom is -0.357 e. The number of likely N-dealkylation sites (N-methyl/N-ethyl adjacent to an activating group) is 1. The molecule has 0 bridgehead atoms. The molecule has 3 aromatic carbocycles. The maximum Gasteiger partial charge on any atom is 0.264 e. The van der Waals surface area contributed by atoms with Gasteiger partial charge in [-0.3, -0.25) is 13.9 Å². The number of para-hydroxylation sites is 1. The van der Waals surface area contributed by atoms with Crippen LogP contribution in [0.5, 0.6) is 0 Å².